The Morgan fingerprint density at radius 3 is 2.55 bits per heavy atom. The van der Waals surface area contributed by atoms with Crippen LogP contribution in [0.15, 0.2) is 59.5 Å². The van der Waals surface area contributed by atoms with Gasteiger partial charge in [0.1, 0.15) is 35.6 Å². The topological polar surface area (TPSA) is 77.1 Å². The Kier molecular flexibility index (Phi) is 8.74. The SMILES string of the molecule is Cc1c(C)c2c(c(C)c1OCc1ccccc1)CCC(C)(CN1CCC[C@@H](Oc3ccc(/C=C4/SC(=O)NC4=O)cc3)C1)O2. The molecule has 44 heavy (non-hydrogen) atoms. The van der Waals surface area contributed by atoms with E-state index in [0.717, 1.165) is 96.6 Å². The van der Waals surface area contributed by atoms with Crippen molar-refractivity contribution in [1.29, 1.82) is 0 Å². The Bertz CT molecular complexity index is 1590. The van der Waals surface area contributed by atoms with E-state index in [2.05, 4.69) is 50.0 Å². The lowest BCUT2D eigenvalue weighted by atomic mass is 9.86. The van der Waals surface area contributed by atoms with Gasteiger partial charge in [-0.25, -0.2) is 0 Å². The van der Waals surface area contributed by atoms with Crippen molar-refractivity contribution in [2.75, 3.05) is 19.6 Å². The third-order valence-corrected chi connectivity index (χ3v) is 9.74. The molecule has 3 aliphatic heterocycles. The number of piperidine rings is 1. The van der Waals surface area contributed by atoms with E-state index in [0.29, 0.717) is 11.5 Å². The molecule has 0 bridgehead atoms. The Morgan fingerprint density at radius 2 is 1.82 bits per heavy atom. The van der Waals surface area contributed by atoms with Crippen LogP contribution in [-0.4, -0.2) is 47.4 Å². The average molecular weight is 613 g/mol. The standard InChI is InChI=1S/C36H40N2O5S/c1-23-24(2)33-30(25(3)32(23)41-21-27-9-6-5-7-10-27)16-17-36(4,43-33)22-38-18-8-11-29(20-38)42-28-14-12-26(13-15-28)19-31-34(39)37-35(40)44-31/h5-7,9-10,12-15,19,29H,8,11,16-18,20-22H2,1-4H3,(H,37,39,40)/b31-19+/t29-,36?/m1/s1. The highest BCUT2D eigenvalue weighted by Gasteiger charge is 2.37. The molecule has 230 valence electrons. The van der Waals surface area contributed by atoms with Crippen molar-refractivity contribution in [2.45, 2.75) is 71.7 Å². The van der Waals surface area contributed by atoms with Crippen LogP contribution in [0.1, 0.15) is 59.6 Å². The Labute approximate surface area is 264 Å². The molecule has 2 amide bonds. The molecular weight excluding hydrogens is 572 g/mol. The van der Waals surface area contributed by atoms with Crippen LogP contribution in [0.3, 0.4) is 0 Å². The first-order valence-corrected chi connectivity index (χ1v) is 16.2. The van der Waals surface area contributed by atoms with Crippen LogP contribution in [-0.2, 0) is 17.8 Å². The van der Waals surface area contributed by atoms with Crippen molar-refractivity contribution in [3.8, 4) is 17.2 Å². The molecule has 0 spiro atoms. The van der Waals surface area contributed by atoms with Crippen molar-refractivity contribution in [1.82, 2.24) is 10.2 Å². The van der Waals surface area contributed by atoms with Crippen LogP contribution in [0.2, 0.25) is 0 Å². The van der Waals surface area contributed by atoms with E-state index in [1.54, 1.807) is 6.08 Å². The maximum Gasteiger partial charge on any atom is 0.290 e. The van der Waals surface area contributed by atoms with E-state index in [4.69, 9.17) is 14.2 Å². The maximum absolute atomic E-state index is 11.8. The van der Waals surface area contributed by atoms with Crippen molar-refractivity contribution in [3.63, 3.8) is 0 Å². The number of hydrogen-bond acceptors (Lipinski definition) is 7. The fourth-order valence-electron chi connectivity index (χ4n) is 6.47. The summed E-state index contributed by atoms with van der Waals surface area (Å²) in [4.78, 5) is 26.2. The number of imide groups is 1. The van der Waals surface area contributed by atoms with Gasteiger partial charge >= 0.3 is 0 Å². The molecule has 2 saturated heterocycles. The van der Waals surface area contributed by atoms with Gasteiger partial charge in [-0.15, -0.1) is 0 Å². The zero-order chi connectivity index (χ0) is 30.8. The minimum atomic E-state index is -0.347. The molecule has 0 aliphatic carbocycles. The highest BCUT2D eigenvalue weighted by Crippen LogP contribution is 2.44. The smallest absolute Gasteiger partial charge is 0.290 e. The predicted octanol–water partition coefficient (Wildman–Crippen LogP) is 7.14. The highest BCUT2D eigenvalue weighted by atomic mass is 32.2. The van der Waals surface area contributed by atoms with E-state index in [-0.39, 0.29) is 22.9 Å². The zero-order valence-corrected chi connectivity index (χ0v) is 26.7. The number of carbonyl (C=O) groups excluding carboxylic acids is 2. The van der Waals surface area contributed by atoms with E-state index >= 15 is 0 Å². The lowest BCUT2D eigenvalue weighted by molar-refractivity contribution is -0.115. The second-order valence-corrected chi connectivity index (χ2v) is 13.4. The number of fused-ring (bicyclic) bond motifs is 1. The Balaban J connectivity index is 1.08. The normalized spacial score (nSPS) is 22.8. The number of nitrogens with zero attached hydrogens (tertiary/aromatic N) is 1. The van der Waals surface area contributed by atoms with Gasteiger partial charge in [0.25, 0.3) is 11.1 Å². The minimum absolute atomic E-state index is 0.0942. The molecule has 3 aromatic carbocycles. The number of ether oxygens (including phenoxy) is 3. The van der Waals surface area contributed by atoms with E-state index in [1.807, 2.05) is 42.5 Å². The van der Waals surface area contributed by atoms with Gasteiger partial charge in [-0.3, -0.25) is 19.8 Å². The molecule has 1 unspecified atom stereocenters. The first-order chi connectivity index (χ1) is 21.2. The van der Waals surface area contributed by atoms with Crippen LogP contribution in [0.4, 0.5) is 4.79 Å². The lowest BCUT2D eigenvalue weighted by Crippen LogP contribution is -2.51. The van der Waals surface area contributed by atoms with E-state index in [1.165, 1.54) is 11.1 Å². The number of thioether (sulfide) groups is 1. The molecule has 0 aromatic heterocycles. The first kappa shape index (κ1) is 30.3. The molecule has 3 aromatic rings. The number of hydrogen-bond donors (Lipinski definition) is 1. The van der Waals surface area contributed by atoms with Gasteiger partial charge in [0, 0.05) is 18.7 Å². The summed E-state index contributed by atoms with van der Waals surface area (Å²) in [6, 6.07) is 18.0. The molecule has 6 rings (SSSR count). The van der Waals surface area contributed by atoms with Crippen LogP contribution >= 0.6 is 11.8 Å². The summed E-state index contributed by atoms with van der Waals surface area (Å²) >= 11 is 0.924. The fourth-order valence-corrected chi connectivity index (χ4v) is 7.15. The molecule has 0 radical (unpaired) electrons. The van der Waals surface area contributed by atoms with Crippen LogP contribution < -0.4 is 19.5 Å². The molecule has 8 heteroatoms. The van der Waals surface area contributed by atoms with Gasteiger partial charge in [-0.1, -0.05) is 42.5 Å². The largest absolute Gasteiger partial charge is 0.489 e. The van der Waals surface area contributed by atoms with Crippen LogP contribution in [0, 0.1) is 20.8 Å². The van der Waals surface area contributed by atoms with Crippen molar-refractivity contribution < 1.29 is 23.8 Å². The number of amides is 2. The van der Waals surface area contributed by atoms with Crippen molar-refractivity contribution in [3.05, 3.63) is 92.9 Å². The average Bonchev–Trinajstić information content (AvgIpc) is 3.33. The molecule has 0 saturated carbocycles. The number of rotatable bonds is 8. The maximum atomic E-state index is 11.8. The summed E-state index contributed by atoms with van der Waals surface area (Å²) in [5.74, 6) is 2.47. The predicted molar refractivity (Wildman–Crippen MR) is 174 cm³/mol. The molecular formula is C36H40N2O5S. The lowest BCUT2D eigenvalue weighted by Gasteiger charge is -2.43. The third kappa shape index (κ3) is 6.66. The van der Waals surface area contributed by atoms with E-state index in [9.17, 15) is 9.59 Å². The number of benzene rings is 3. The molecule has 3 aliphatic rings. The van der Waals surface area contributed by atoms with Gasteiger partial charge in [-0.2, -0.15) is 0 Å². The summed E-state index contributed by atoms with van der Waals surface area (Å²) in [5.41, 5.74) is 6.50. The summed E-state index contributed by atoms with van der Waals surface area (Å²) in [7, 11) is 0. The van der Waals surface area contributed by atoms with Gasteiger partial charge < -0.3 is 14.2 Å². The fraction of sp³-hybridized carbons (Fsp3) is 0.389. The summed E-state index contributed by atoms with van der Waals surface area (Å²) in [6.07, 6.45) is 5.81. The zero-order valence-electron chi connectivity index (χ0n) is 25.9. The summed E-state index contributed by atoms with van der Waals surface area (Å²) in [6.45, 7) is 12.0. The number of likely N-dealkylation sites (tertiary alicyclic amines) is 1. The highest BCUT2D eigenvalue weighted by molar-refractivity contribution is 8.18. The van der Waals surface area contributed by atoms with Crippen molar-refractivity contribution >= 4 is 29.0 Å². The van der Waals surface area contributed by atoms with Gasteiger partial charge in [-0.05, 0) is 118 Å². The minimum Gasteiger partial charge on any atom is -0.489 e. The third-order valence-electron chi connectivity index (χ3n) is 8.93. The summed E-state index contributed by atoms with van der Waals surface area (Å²) in [5, 5.41) is 1.95. The van der Waals surface area contributed by atoms with Crippen molar-refractivity contribution in [2.24, 2.45) is 0 Å². The van der Waals surface area contributed by atoms with Gasteiger partial charge in [0.05, 0.1) is 4.91 Å². The number of nitrogens with one attached hydrogen (secondary N) is 1. The second-order valence-electron chi connectivity index (χ2n) is 12.4. The van der Waals surface area contributed by atoms with Gasteiger partial charge in [0.15, 0.2) is 0 Å². The Morgan fingerprint density at radius 1 is 1.05 bits per heavy atom. The number of carbonyl (C=O) groups is 2. The quantitative estimate of drug-likeness (QED) is 0.271. The monoisotopic (exact) mass is 612 g/mol. The first-order valence-electron chi connectivity index (χ1n) is 15.4. The van der Waals surface area contributed by atoms with Crippen LogP contribution in [0.5, 0.6) is 17.2 Å². The van der Waals surface area contributed by atoms with E-state index < -0.39 is 0 Å². The summed E-state index contributed by atoms with van der Waals surface area (Å²) < 4.78 is 19.6. The molecule has 1 N–H and O–H groups in total. The molecule has 3 heterocycles. The molecule has 7 nitrogen and oxygen atoms in total. The second kappa shape index (κ2) is 12.7. The molecule has 2 atom stereocenters. The van der Waals surface area contributed by atoms with Crippen LogP contribution in [0.25, 0.3) is 6.08 Å². The molecule has 2 fully saturated rings. The Hall–Kier alpha value is -3.75. The van der Waals surface area contributed by atoms with Gasteiger partial charge in [0.2, 0.25) is 0 Å².